The fourth-order valence-corrected chi connectivity index (χ4v) is 5.07. The first-order valence-corrected chi connectivity index (χ1v) is 9.89. The zero-order chi connectivity index (χ0) is 18.6. The summed E-state index contributed by atoms with van der Waals surface area (Å²) in [5.41, 5.74) is 0. The molecule has 4 aliphatic rings. The van der Waals surface area contributed by atoms with E-state index in [1.54, 1.807) is 6.92 Å². The second kappa shape index (κ2) is 6.26. The topological polar surface area (TPSA) is 92.3 Å². The first-order valence-electron chi connectivity index (χ1n) is 9.08. The fraction of sp³-hybridized carbons (Fsp3) is 0.611. The molecule has 1 saturated heterocycles. The van der Waals surface area contributed by atoms with Crippen LogP contribution in [0.2, 0.25) is 0 Å². The van der Waals surface area contributed by atoms with Gasteiger partial charge in [0.15, 0.2) is 0 Å². The van der Waals surface area contributed by atoms with Crippen molar-refractivity contribution in [3.8, 4) is 0 Å². The Bertz CT molecular complexity index is 770. The van der Waals surface area contributed by atoms with Crippen molar-refractivity contribution in [3.63, 3.8) is 0 Å². The number of likely N-dealkylation sites (tertiary alicyclic amines) is 1. The summed E-state index contributed by atoms with van der Waals surface area (Å²) in [5.74, 6) is -0.938. The molecule has 1 aromatic rings. The van der Waals surface area contributed by atoms with Crippen molar-refractivity contribution < 1.29 is 14.4 Å². The molecular weight excluding hydrogens is 352 g/mol. The number of carbonyl (C=O) groups excluding carboxylic acids is 3. The standard InChI is InChI=1S/C18H22N4O3S/c1-8(2)15-20-21-18(26-15)19-14(23)9(3)22-16(24)12-10-4-5-11(7-6-10)13(12)17(22)25/h4-5,8-13H,6-7H2,1-3H3,(H,19,21,23). The van der Waals surface area contributed by atoms with E-state index in [0.717, 1.165) is 17.8 Å². The van der Waals surface area contributed by atoms with Gasteiger partial charge in [-0.3, -0.25) is 24.6 Å². The highest BCUT2D eigenvalue weighted by molar-refractivity contribution is 7.15. The molecule has 1 N–H and O–H groups in total. The molecule has 2 fully saturated rings. The van der Waals surface area contributed by atoms with E-state index in [4.69, 9.17) is 0 Å². The van der Waals surface area contributed by atoms with Crippen molar-refractivity contribution in [2.45, 2.75) is 45.6 Å². The van der Waals surface area contributed by atoms with Crippen LogP contribution in [0.4, 0.5) is 5.13 Å². The molecular formula is C18H22N4O3S. The monoisotopic (exact) mass is 374 g/mol. The molecule has 3 aliphatic carbocycles. The smallest absolute Gasteiger partial charge is 0.249 e. The van der Waals surface area contributed by atoms with Gasteiger partial charge in [-0.1, -0.05) is 37.3 Å². The maximum absolute atomic E-state index is 12.9. The third-order valence-electron chi connectivity index (χ3n) is 5.72. The molecule has 0 radical (unpaired) electrons. The Morgan fingerprint density at radius 1 is 1.12 bits per heavy atom. The molecule has 0 spiro atoms. The number of fused-ring (bicyclic) bond motifs is 1. The van der Waals surface area contributed by atoms with Gasteiger partial charge in [0.05, 0.1) is 11.8 Å². The molecule has 7 nitrogen and oxygen atoms in total. The van der Waals surface area contributed by atoms with Gasteiger partial charge >= 0.3 is 0 Å². The van der Waals surface area contributed by atoms with Crippen LogP contribution in [-0.2, 0) is 14.4 Å². The highest BCUT2D eigenvalue weighted by Crippen LogP contribution is 2.49. The number of rotatable bonds is 4. The summed E-state index contributed by atoms with van der Waals surface area (Å²) in [6, 6.07) is -0.855. The highest BCUT2D eigenvalue weighted by atomic mass is 32.1. The van der Waals surface area contributed by atoms with Gasteiger partial charge in [0, 0.05) is 5.92 Å². The summed E-state index contributed by atoms with van der Waals surface area (Å²) >= 11 is 1.31. The molecule has 2 heterocycles. The normalized spacial score (nSPS) is 30.8. The van der Waals surface area contributed by atoms with Crippen LogP contribution < -0.4 is 5.32 Å². The number of aromatic nitrogens is 2. The first-order chi connectivity index (χ1) is 12.4. The zero-order valence-corrected chi connectivity index (χ0v) is 15.8. The second-order valence-corrected chi connectivity index (χ2v) is 8.66. The highest BCUT2D eigenvalue weighted by Gasteiger charge is 2.58. The van der Waals surface area contributed by atoms with Crippen LogP contribution in [0, 0.1) is 23.7 Å². The predicted molar refractivity (Wildman–Crippen MR) is 96.3 cm³/mol. The van der Waals surface area contributed by atoms with Gasteiger partial charge in [0.2, 0.25) is 22.9 Å². The van der Waals surface area contributed by atoms with Crippen LogP contribution in [0.3, 0.4) is 0 Å². The van der Waals surface area contributed by atoms with Crippen molar-refractivity contribution in [2.24, 2.45) is 23.7 Å². The molecule has 0 aromatic carbocycles. The lowest BCUT2D eigenvalue weighted by molar-refractivity contribution is -0.146. The van der Waals surface area contributed by atoms with Crippen molar-refractivity contribution >= 4 is 34.2 Å². The van der Waals surface area contributed by atoms with Crippen molar-refractivity contribution in [1.29, 1.82) is 0 Å². The van der Waals surface area contributed by atoms with E-state index in [-0.39, 0.29) is 41.4 Å². The van der Waals surface area contributed by atoms with Crippen LogP contribution in [0.1, 0.15) is 44.5 Å². The minimum Gasteiger partial charge on any atom is -0.299 e. The van der Waals surface area contributed by atoms with Gasteiger partial charge in [0.25, 0.3) is 0 Å². The van der Waals surface area contributed by atoms with E-state index < -0.39 is 11.9 Å². The number of hydrogen-bond acceptors (Lipinski definition) is 6. The van der Waals surface area contributed by atoms with E-state index in [1.807, 2.05) is 13.8 Å². The molecule has 5 atom stereocenters. The Hall–Kier alpha value is -2.09. The Balaban J connectivity index is 1.50. The number of anilines is 1. The van der Waals surface area contributed by atoms with Crippen molar-refractivity contribution in [3.05, 3.63) is 17.2 Å². The zero-order valence-electron chi connectivity index (χ0n) is 15.0. The summed E-state index contributed by atoms with van der Waals surface area (Å²) in [5, 5.41) is 11.9. The summed E-state index contributed by atoms with van der Waals surface area (Å²) < 4.78 is 0. The number of amides is 3. The number of nitrogens with zero attached hydrogens (tertiary/aromatic N) is 3. The van der Waals surface area contributed by atoms with Gasteiger partial charge in [0.1, 0.15) is 11.0 Å². The maximum atomic E-state index is 12.9. The lowest BCUT2D eigenvalue weighted by Gasteiger charge is -2.38. The molecule has 1 aromatic heterocycles. The van der Waals surface area contributed by atoms with Gasteiger partial charge in [-0.25, -0.2) is 0 Å². The van der Waals surface area contributed by atoms with Gasteiger partial charge < -0.3 is 0 Å². The van der Waals surface area contributed by atoms with Crippen molar-refractivity contribution in [2.75, 3.05) is 5.32 Å². The van der Waals surface area contributed by atoms with Gasteiger partial charge in [-0.2, -0.15) is 0 Å². The quantitative estimate of drug-likeness (QED) is 0.644. The molecule has 26 heavy (non-hydrogen) atoms. The van der Waals surface area contributed by atoms with E-state index in [2.05, 4.69) is 27.7 Å². The Morgan fingerprint density at radius 3 is 2.15 bits per heavy atom. The largest absolute Gasteiger partial charge is 0.299 e. The molecule has 1 aliphatic heterocycles. The predicted octanol–water partition coefficient (Wildman–Crippen LogP) is 2.19. The molecule has 8 heteroatoms. The minimum atomic E-state index is -0.855. The summed E-state index contributed by atoms with van der Waals surface area (Å²) in [4.78, 5) is 39.6. The minimum absolute atomic E-state index is 0.124. The van der Waals surface area contributed by atoms with E-state index in [1.165, 1.54) is 16.2 Å². The molecule has 2 bridgehead atoms. The molecule has 1 saturated carbocycles. The molecule has 3 amide bonds. The molecule has 5 unspecified atom stereocenters. The SMILES string of the molecule is CC(C)c1nnc(NC(=O)C(C)N2C(=O)C3C4C=CC(CC4)C3C2=O)s1. The molecule has 138 valence electrons. The Morgan fingerprint density at radius 2 is 1.69 bits per heavy atom. The fourth-order valence-electron chi connectivity index (χ4n) is 4.32. The number of hydrogen-bond donors (Lipinski definition) is 1. The van der Waals surface area contributed by atoms with Crippen LogP contribution in [0.5, 0.6) is 0 Å². The first kappa shape index (κ1) is 17.3. The third-order valence-corrected chi connectivity index (χ3v) is 6.86. The Kier molecular flexibility index (Phi) is 4.17. The molecule has 5 rings (SSSR count). The van der Waals surface area contributed by atoms with E-state index in [9.17, 15) is 14.4 Å². The van der Waals surface area contributed by atoms with E-state index in [0.29, 0.717) is 5.13 Å². The van der Waals surface area contributed by atoms with Crippen molar-refractivity contribution in [1.82, 2.24) is 15.1 Å². The summed E-state index contributed by atoms with van der Waals surface area (Å²) in [7, 11) is 0. The second-order valence-electron chi connectivity index (χ2n) is 7.65. The van der Waals surface area contributed by atoms with Crippen LogP contribution in [0.15, 0.2) is 12.2 Å². The number of allylic oxidation sites excluding steroid dienone is 2. The summed E-state index contributed by atoms with van der Waals surface area (Å²) in [6.07, 6.45) is 6.03. The lowest BCUT2D eigenvalue weighted by Crippen LogP contribution is -2.46. The lowest BCUT2D eigenvalue weighted by atomic mass is 9.63. The van der Waals surface area contributed by atoms with Crippen LogP contribution in [0.25, 0.3) is 0 Å². The number of nitrogens with one attached hydrogen (secondary N) is 1. The van der Waals surface area contributed by atoms with Crippen LogP contribution >= 0.6 is 11.3 Å². The average molecular weight is 374 g/mol. The maximum Gasteiger partial charge on any atom is 0.249 e. The van der Waals surface area contributed by atoms with Gasteiger partial charge in [-0.15, -0.1) is 10.2 Å². The average Bonchev–Trinajstić information content (AvgIpc) is 3.20. The van der Waals surface area contributed by atoms with E-state index >= 15 is 0 Å². The Labute approximate surface area is 155 Å². The van der Waals surface area contributed by atoms with Crippen LogP contribution in [-0.4, -0.2) is 38.9 Å². The van der Waals surface area contributed by atoms with Gasteiger partial charge in [-0.05, 0) is 31.6 Å². The summed E-state index contributed by atoms with van der Waals surface area (Å²) in [6.45, 7) is 5.60. The third kappa shape index (κ3) is 2.58. The number of imide groups is 1. The number of carbonyl (C=O) groups is 3.